The SMILES string of the molecule is CC(C)CN(C)c1ccc(C(C)N)c(Cl)c1. The maximum Gasteiger partial charge on any atom is 0.0474 e. The zero-order valence-corrected chi connectivity index (χ0v) is 11.3. The first-order valence-corrected chi connectivity index (χ1v) is 6.05. The zero-order valence-electron chi connectivity index (χ0n) is 10.5. The van der Waals surface area contributed by atoms with Crippen LogP contribution in [0.15, 0.2) is 18.2 Å². The van der Waals surface area contributed by atoms with Gasteiger partial charge in [0, 0.05) is 30.3 Å². The van der Waals surface area contributed by atoms with Crippen LogP contribution in [0, 0.1) is 5.92 Å². The van der Waals surface area contributed by atoms with Crippen LogP contribution >= 0.6 is 11.6 Å². The molecule has 0 aliphatic rings. The van der Waals surface area contributed by atoms with Gasteiger partial charge >= 0.3 is 0 Å². The van der Waals surface area contributed by atoms with Crippen LogP contribution in [-0.2, 0) is 0 Å². The van der Waals surface area contributed by atoms with Crippen LogP contribution < -0.4 is 10.6 Å². The minimum atomic E-state index is -0.0167. The van der Waals surface area contributed by atoms with Gasteiger partial charge in [0.15, 0.2) is 0 Å². The third-order valence-electron chi connectivity index (χ3n) is 2.55. The van der Waals surface area contributed by atoms with Crippen molar-refractivity contribution in [3.05, 3.63) is 28.8 Å². The first kappa shape index (κ1) is 13.3. The molecule has 0 bridgehead atoms. The average Bonchev–Trinajstić information content (AvgIpc) is 2.15. The quantitative estimate of drug-likeness (QED) is 0.874. The minimum Gasteiger partial charge on any atom is -0.374 e. The van der Waals surface area contributed by atoms with Crippen molar-refractivity contribution in [3.8, 4) is 0 Å². The summed E-state index contributed by atoms with van der Waals surface area (Å²) in [6.45, 7) is 7.37. The molecule has 1 unspecified atom stereocenters. The number of benzene rings is 1. The predicted molar refractivity (Wildman–Crippen MR) is 72.2 cm³/mol. The second-order valence-corrected chi connectivity index (χ2v) is 5.18. The summed E-state index contributed by atoms with van der Waals surface area (Å²) in [5.74, 6) is 0.636. The molecule has 0 aliphatic heterocycles. The van der Waals surface area contributed by atoms with E-state index < -0.39 is 0 Å². The third-order valence-corrected chi connectivity index (χ3v) is 2.88. The monoisotopic (exact) mass is 240 g/mol. The van der Waals surface area contributed by atoms with Crippen LogP contribution in [0.4, 0.5) is 5.69 Å². The molecule has 0 radical (unpaired) electrons. The van der Waals surface area contributed by atoms with E-state index in [1.807, 2.05) is 19.1 Å². The summed E-state index contributed by atoms with van der Waals surface area (Å²) in [5, 5.41) is 0.753. The fourth-order valence-electron chi connectivity index (χ4n) is 1.78. The number of nitrogens with zero attached hydrogens (tertiary/aromatic N) is 1. The number of hydrogen-bond donors (Lipinski definition) is 1. The Bertz CT molecular complexity index is 348. The Morgan fingerprint density at radius 3 is 2.38 bits per heavy atom. The number of rotatable bonds is 4. The van der Waals surface area contributed by atoms with E-state index >= 15 is 0 Å². The molecule has 1 atom stereocenters. The largest absolute Gasteiger partial charge is 0.374 e. The predicted octanol–water partition coefficient (Wildman–Crippen LogP) is 3.45. The maximum atomic E-state index is 6.20. The van der Waals surface area contributed by atoms with Gasteiger partial charge in [-0.25, -0.2) is 0 Å². The lowest BCUT2D eigenvalue weighted by Gasteiger charge is -2.22. The van der Waals surface area contributed by atoms with Crippen LogP contribution in [-0.4, -0.2) is 13.6 Å². The van der Waals surface area contributed by atoms with E-state index in [-0.39, 0.29) is 6.04 Å². The van der Waals surface area contributed by atoms with Crippen molar-refractivity contribution < 1.29 is 0 Å². The van der Waals surface area contributed by atoms with E-state index in [1.54, 1.807) is 0 Å². The highest BCUT2D eigenvalue weighted by molar-refractivity contribution is 6.31. The Morgan fingerprint density at radius 2 is 1.94 bits per heavy atom. The molecule has 2 N–H and O–H groups in total. The van der Waals surface area contributed by atoms with Crippen LogP contribution in [0.5, 0.6) is 0 Å². The van der Waals surface area contributed by atoms with Crippen LogP contribution in [0.25, 0.3) is 0 Å². The average molecular weight is 241 g/mol. The molecule has 0 aliphatic carbocycles. The molecule has 1 rings (SSSR count). The zero-order chi connectivity index (χ0) is 12.3. The molecular weight excluding hydrogens is 220 g/mol. The summed E-state index contributed by atoms with van der Waals surface area (Å²) >= 11 is 6.20. The third kappa shape index (κ3) is 3.39. The molecule has 0 spiro atoms. The van der Waals surface area contributed by atoms with E-state index in [4.69, 9.17) is 17.3 Å². The van der Waals surface area contributed by atoms with Gasteiger partial charge in [0.05, 0.1) is 0 Å². The van der Waals surface area contributed by atoms with Gasteiger partial charge in [-0.1, -0.05) is 31.5 Å². The van der Waals surface area contributed by atoms with E-state index in [0.29, 0.717) is 5.92 Å². The van der Waals surface area contributed by atoms with Crippen molar-refractivity contribution in [1.82, 2.24) is 0 Å². The summed E-state index contributed by atoms with van der Waals surface area (Å²) in [7, 11) is 2.08. The number of anilines is 1. The molecule has 0 aromatic heterocycles. The molecule has 3 heteroatoms. The highest BCUT2D eigenvalue weighted by Crippen LogP contribution is 2.26. The van der Waals surface area contributed by atoms with Crippen LogP contribution in [0.2, 0.25) is 5.02 Å². The molecular formula is C13H21ClN2. The van der Waals surface area contributed by atoms with E-state index in [2.05, 4.69) is 31.9 Å². The molecule has 1 aromatic carbocycles. The highest BCUT2D eigenvalue weighted by atomic mass is 35.5. The number of hydrogen-bond acceptors (Lipinski definition) is 2. The number of nitrogens with two attached hydrogens (primary N) is 1. The molecule has 0 saturated carbocycles. The topological polar surface area (TPSA) is 29.3 Å². The summed E-state index contributed by atoms with van der Waals surface area (Å²) in [6, 6.07) is 6.06. The Kier molecular flexibility index (Phi) is 4.63. The normalized spacial score (nSPS) is 12.9. The van der Waals surface area contributed by atoms with Gasteiger partial charge in [0.1, 0.15) is 0 Å². The summed E-state index contributed by atoms with van der Waals surface area (Å²) < 4.78 is 0. The second-order valence-electron chi connectivity index (χ2n) is 4.77. The van der Waals surface area contributed by atoms with E-state index in [0.717, 1.165) is 22.8 Å². The Labute approximate surface area is 103 Å². The standard InChI is InChI=1S/C13H21ClN2/c1-9(2)8-16(4)11-5-6-12(10(3)15)13(14)7-11/h5-7,9-10H,8,15H2,1-4H3. The highest BCUT2D eigenvalue weighted by Gasteiger charge is 2.09. The molecule has 0 amide bonds. The van der Waals surface area contributed by atoms with E-state index in [1.165, 1.54) is 0 Å². The van der Waals surface area contributed by atoms with Crippen LogP contribution in [0.1, 0.15) is 32.4 Å². The van der Waals surface area contributed by atoms with E-state index in [9.17, 15) is 0 Å². The number of halogens is 1. The molecule has 0 saturated heterocycles. The van der Waals surface area contributed by atoms with Gasteiger partial charge in [-0.15, -0.1) is 0 Å². The van der Waals surface area contributed by atoms with Gasteiger partial charge in [-0.3, -0.25) is 0 Å². The fraction of sp³-hybridized carbons (Fsp3) is 0.538. The lowest BCUT2D eigenvalue weighted by Crippen LogP contribution is -2.22. The van der Waals surface area contributed by atoms with Crippen molar-refractivity contribution in [2.24, 2.45) is 11.7 Å². The second kappa shape index (κ2) is 5.55. The lowest BCUT2D eigenvalue weighted by molar-refractivity contribution is 0.638. The van der Waals surface area contributed by atoms with Gasteiger partial charge in [-0.05, 0) is 30.5 Å². The van der Waals surface area contributed by atoms with Crippen molar-refractivity contribution in [2.45, 2.75) is 26.8 Å². The maximum absolute atomic E-state index is 6.20. The smallest absolute Gasteiger partial charge is 0.0474 e. The first-order valence-electron chi connectivity index (χ1n) is 5.68. The Hall–Kier alpha value is -0.730. The summed E-state index contributed by atoms with van der Waals surface area (Å²) in [4.78, 5) is 2.21. The van der Waals surface area contributed by atoms with Crippen molar-refractivity contribution in [1.29, 1.82) is 0 Å². The van der Waals surface area contributed by atoms with Crippen molar-refractivity contribution >= 4 is 17.3 Å². The molecule has 0 heterocycles. The molecule has 90 valence electrons. The Balaban J connectivity index is 2.88. The molecule has 2 nitrogen and oxygen atoms in total. The minimum absolute atomic E-state index is 0.0167. The Morgan fingerprint density at radius 1 is 1.31 bits per heavy atom. The summed E-state index contributed by atoms with van der Waals surface area (Å²) in [5.41, 5.74) is 7.97. The van der Waals surface area contributed by atoms with Gasteiger partial charge < -0.3 is 10.6 Å². The molecule has 16 heavy (non-hydrogen) atoms. The molecule has 0 fully saturated rings. The van der Waals surface area contributed by atoms with Gasteiger partial charge in [0.25, 0.3) is 0 Å². The first-order chi connectivity index (χ1) is 7.41. The molecule has 1 aromatic rings. The lowest BCUT2D eigenvalue weighted by atomic mass is 10.1. The van der Waals surface area contributed by atoms with Crippen LogP contribution in [0.3, 0.4) is 0 Å². The van der Waals surface area contributed by atoms with Gasteiger partial charge in [-0.2, -0.15) is 0 Å². The van der Waals surface area contributed by atoms with Crippen molar-refractivity contribution in [2.75, 3.05) is 18.5 Å². The fourth-order valence-corrected chi connectivity index (χ4v) is 2.12. The summed E-state index contributed by atoms with van der Waals surface area (Å²) in [6.07, 6.45) is 0. The van der Waals surface area contributed by atoms with Gasteiger partial charge in [0.2, 0.25) is 0 Å². The van der Waals surface area contributed by atoms with Crippen molar-refractivity contribution in [3.63, 3.8) is 0 Å².